The minimum atomic E-state index is -1.28. The molecule has 0 amide bonds. The van der Waals surface area contributed by atoms with Gasteiger partial charge < -0.3 is 23.7 Å². The Balaban J connectivity index is 2.35. The number of benzene rings is 1. The summed E-state index contributed by atoms with van der Waals surface area (Å²) in [5.74, 6) is -4.50. The van der Waals surface area contributed by atoms with E-state index in [2.05, 4.69) is 0 Å². The molecule has 0 aliphatic carbocycles. The maximum atomic E-state index is 12.7. The van der Waals surface area contributed by atoms with E-state index in [1.54, 1.807) is 0 Å². The second kappa shape index (κ2) is 9.21. The van der Waals surface area contributed by atoms with Crippen LogP contribution in [0.2, 0.25) is 0 Å². The van der Waals surface area contributed by atoms with Crippen molar-refractivity contribution in [2.45, 2.75) is 46.8 Å². The van der Waals surface area contributed by atoms with Crippen LogP contribution in [-0.4, -0.2) is 41.9 Å². The molecule has 1 aromatic rings. The van der Waals surface area contributed by atoms with Crippen molar-refractivity contribution in [3.63, 3.8) is 0 Å². The number of ketones is 1. The Bertz CT molecular complexity index is 943. The largest absolute Gasteiger partial charge is 0.490 e. The van der Waals surface area contributed by atoms with Crippen molar-refractivity contribution < 1.29 is 47.7 Å². The van der Waals surface area contributed by atoms with E-state index in [1.165, 1.54) is 32.9 Å². The maximum Gasteiger partial charge on any atom is 0.347 e. The van der Waals surface area contributed by atoms with Gasteiger partial charge >= 0.3 is 23.9 Å². The standard InChI is InChI=1S/C20H20O10/c1-9-6-14(27-11(3)21)7-15(28-12(4)22)17(9)20(25)30-16-8-26-10(2)19(18(16)24)29-13(5)23/h6-8,10,19H,1-5H3/t10-,19-/m1/s1. The number of Topliss-reactive ketones (excluding diaryl/α,β-unsaturated/α-hetero) is 1. The van der Waals surface area contributed by atoms with Crippen LogP contribution in [-0.2, 0) is 33.4 Å². The van der Waals surface area contributed by atoms with Crippen molar-refractivity contribution in [2.75, 3.05) is 0 Å². The summed E-state index contributed by atoms with van der Waals surface area (Å²) in [4.78, 5) is 59.1. The molecule has 0 N–H and O–H groups in total. The SMILES string of the molecule is CC(=O)Oc1cc(C)c(C(=O)OC2=CO[C@H](C)[C@@H](OC(C)=O)C2=O)c(OC(C)=O)c1. The lowest BCUT2D eigenvalue weighted by atomic mass is 10.1. The molecule has 0 bridgehead atoms. The van der Waals surface area contributed by atoms with Gasteiger partial charge in [-0.2, -0.15) is 0 Å². The number of esters is 4. The molecule has 0 fully saturated rings. The third kappa shape index (κ3) is 5.43. The summed E-state index contributed by atoms with van der Waals surface area (Å²) in [6.45, 7) is 6.44. The van der Waals surface area contributed by atoms with Gasteiger partial charge in [-0.25, -0.2) is 4.79 Å². The van der Waals surface area contributed by atoms with Gasteiger partial charge in [0.05, 0.1) is 0 Å². The average molecular weight is 420 g/mol. The minimum Gasteiger partial charge on any atom is -0.490 e. The quantitative estimate of drug-likeness (QED) is 0.513. The van der Waals surface area contributed by atoms with Gasteiger partial charge in [0.2, 0.25) is 17.6 Å². The molecule has 0 radical (unpaired) electrons. The highest BCUT2D eigenvalue weighted by Gasteiger charge is 2.38. The van der Waals surface area contributed by atoms with Gasteiger partial charge in [0.1, 0.15) is 29.4 Å². The molecular formula is C20H20O10. The number of carbonyl (C=O) groups excluding carboxylic acids is 5. The molecular weight excluding hydrogens is 400 g/mol. The fourth-order valence-corrected chi connectivity index (χ4v) is 2.65. The minimum absolute atomic E-state index is 0.0489. The van der Waals surface area contributed by atoms with E-state index in [9.17, 15) is 24.0 Å². The molecule has 10 nitrogen and oxygen atoms in total. The topological polar surface area (TPSA) is 132 Å². The summed E-state index contributed by atoms with van der Waals surface area (Å²) in [6.07, 6.45) is -1.11. The number of carbonyl (C=O) groups is 5. The number of aryl methyl sites for hydroxylation is 1. The fourth-order valence-electron chi connectivity index (χ4n) is 2.65. The van der Waals surface area contributed by atoms with E-state index < -0.39 is 47.6 Å². The van der Waals surface area contributed by atoms with E-state index in [-0.39, 0.29) is 22.6 Å². The first kappa shape index (κ1) is 22.6. The van der Waals surface area contributed by atoms with E-state index in [1.807, 2.05) is 0 Å². The zero-order chi connectivity index (χ0) is 22.6. The summed E-state index contributed by atoms with van der Waals surface area (Å²) in [5, 5.41) is 0. The van der Waals surface area contributed by atoms with Crippen molar-refractivity contribution in [1.29, 1.82) is 0 Å². The molecule has 0 saturated heterocycles. The molecule has 0 saturated carbocycles. The van der Waals surface area contributed by atoms with Crippen LogP contribution >= 0.6 is 0 Å². The average Bonchev–Trinajstić information content (AvgIpc) is 2.59. The van der Waals surface area contributed by atoms with E-state index in [0.717, 1.165) is 20.1 Å². The fraction of sp³-hybridized carbons (Fsp3) is 0.350. The number of hydrogen-bond donors (Lipinski definition) is 0. The normalized spacial score (nSPS) is 17.9. The third-order valence-corrected chi connectivity index (χ3v) is 3.81. The van der Waals surface area contributed by atoms with E-state index >= 15 is 0 Å². The predicted octanol–water partition coefficient (Wildman–Crippen LogP) is 1.76. The van der Waals surface area contributed by atoms with Crippen LogP contribution in [0.25, 0.3) is 0 Å². The summed E-state index contributed by atoms with van der Waals surface area (Å²) in [5.41, 5.74) is 0.0853. The highest BCUT2D eigenvalue weighted by molar-refractivity contribution is 6.03. The van der Waals surface area contributed by atoms with Crippen molar-refractivity contribution in [1.82, 2.24) is 0 Å². The Labute approximate surface area is 171 Å². The summed E-state index contributed by atoms with van der Waals surface area (Å²) in [6, 6.07) is 2.53. The molecule has 1 aromatic carbocycles. The molecule has 1 aliphatic heterocycles. The predicted molar refractivity (Wildman–Crippen MR) is 98.4 cm³/mol. The third-order valence-electron chi connectivity index (χ3n) is 3.81. The lowest BCUT2D eigenvalue weighted by Crippen LogP contribution is -2.41. The molecule has 160 valence electrons. The lowest BCUT2D eigenvalue weighted by molar-refractivity contribution is -0.161. The van der Waals surface area contributed by atoms with Crippen LogP contribution in [0.3, 0.4) is 0 Å². The summed E-state index contributed by atoms with van der Waals surface area (Å²) < 4.78 is 25.3. The van der Waals surface area contributed by atoms with Gasteiger partial charge in [-0.05, 0) is 25.5 Å². The Hall–Kier alpha value is -3.69. The van der Waals surface area contributed by atoms with Crippen LogP contribution in [0.1, 0.15) is 43.6 Å². The summed E-state index contributed by atoms with van der Waals surface area (Å²) >= 11 is 0. The molecule has 0 aromatic heterocycles. The number of ether oxygens (including phenoxy) is 5. The van der Waals surface area contributed by atoms with Crippen LogP contribution in [0, 0.1) is 6.92 Å². The molecule has 30 heavy (non-hydrogen) atoms. The second-order valence-electron chi connectivity index (χ2n) is 6.41. The smallest absolute Gasteiger partial charge is 0.347 e. The van der Waals surface area contributed by atoms with Gasteiger partial charge in [0, 0.05) is 26.8 Å². The highest BCUT2D eigenvalue weighted by Crippen LogP contribution is 2.31. The van der Waals surface area contributed by atoms with Crippen LogP contribution in [0.15, 0.2) is 24.2 Å². The first-order chi connectivity index (χ1) is 14.0. The Morgan fingerprint density at radius 2 is 1.57 bits per heavy atom. The van der Waals surface area contributed by atoms with Crippen molar-refractivity contribution >= 4 is 29.7 Å². The van der Waals surface area contributed by atoms with E-state index in [0.29, 0.717) is 0 Å². The van der Waals surface area contributed by atoms with Crippen LogP contribution in [0.5, 0.6) is 11.5 Å². The van der Waals surface area contributed by atoms with Gasteiger partial charge in [-0.3, -0.25) is 19.2 Å². The first-order valence-electron chi connectivity index (χ1n) is 8.80. The first-order valence-corrected chi connectivity index (χ1v) is 8.80. The van der Waals surface area contributed by atoms with Gasteiger partial charge in [-0.15, -0.1) is 0 Å². The maximum absolute atomic E-state index is 12.7. The lowest BCUT2D eigenvalue weighted by Gasteiger charge is -2.26. The van der Waals surface area contributed by atoms with E-state index in [4.69, 9.17) is 23.7 Å². The zero-order valence-corrected chi connectivity index (χ0v) is 17.0. The Morgan fingerprint density at radius 1 is 0.933 bits per heavy atom. The molecule has 0 unspecified atom stereocenters. The van der Waals surface area contributed by atoms with Crippen LogP contribution < -0.4 is 9.47 Å². The number of rotatable bonds is 5. The second-order valence-corrected chi connectivity index (χ2v) is 6.41. The molecule has 1 heterocycles. The van der Waals surface area contributed by atoms with Crippen molar-refractivity contribution in [3.05, 3.63) is 35.3 Å². The highest BCUT2D eigenvalue weighted by atomic mass is 16.6. The molecule has 2 atom stereocenters. The van der Waals surface area contributed by atoms with Gasteiger partial charge in [-0.1, -0.05) is 0 Å². The van der Waals surface area contributed by atoms with Gasteiger partial charge in [0.25, 0.3) is 0 Å². The molecule has 1 aliphatic rings. The molecule has 10 heteroatoms. The van der Waals surface area contributed by atoms with Crippen molar-refractivity contribution in [2.24, 2.45) is 0 Å². The van der Waals surface area contributed by atoms with Crippen molar-refractivity contribution in [3.8, 4) is 11.5 Å². The zero-order valence-electron chi connectivity index (χ0n) is 17.0. The number of hydrogen-bond acceptors (Lipinski definition) is 10. The monoisotopic (exact) mass is 420 g/mol. The molecule has 2 rings (SSSR count). The van der Waals surface area contributed by atoms with Crippen LogP contribution in [0.4, 0.5) is 0 Å². The summed E-state index contributed by atoms with van der Waals surface area (Å²) in [7, 11) is 0. The Morgan fingerprint density at radius 3 is 2.13 bits per heavy atom. The van der Waals surface area contributed by atoms with Gasteiger partial charge in [0.15, 0.2) is 0 Å². The Kier molecular flexibility index (Phi) is 6.93. The molecule has 0 spiro atoms.